The maximum Gasteiger partial charge on any atom is 0.147 e. The number of benzene rings is 1. The van der Waals surface area contributed by atoms with E-state index in [4.69, 9.17) is 9.47 Å². The summed E-state index contributed by atoms with van der Waals surface area (Å²) in [6.07, 6.45) is 0.242. The minimum Gasteiger partial charge on any atom is -0.382 e. The summed E-state index contributed by atoms with van der Waals surface area (Å²) in [6, 6.07) is 9.91. The fourth-order valence-corrected chi connectivity index (χ4v) is 1.24. The van der Waals surface area contributed by atoms with Crippen LogP contribution in [0.5, 0.6) is 0 Å². The van der Waals surface area contributed by atoms with Crippen molar-refractivity contribution in [3.63, 3.8) is 0 Å². The molecule has 1 aromatic carbocycles. The second-order valence-corrected chi connectivity index (χ2v) is 3.19. The first-order chi connectivity index (χ1) is 6.90. The van der Waals surface area contributed by atoms with E-state index in [1.165, 1.54) is 0 Å². The van der Waals surface area contributed by atoms with Gasteiger partial charge in [-0.3, -0.25) is 0 Å². The molecular formula is C12H12O2. The van der Waals surface area contributed by atoms with Crippen molar-refractivity contribution in [3.05, 3.63) is 35.9 Å². The monoisotopic (exact) mass is 188 g/mol. The van der Waals surface area contributed by atoms with Crippen LogP contribution < -0.4 is 0 Å². The third kappa shape index (κ3) is 2.35. The van der Waals surface area contributed by atoms with Gasteiger partial charge in [0.25, 0.3) is 0 Å². The first kappa shape index (κ1) is 9.26. The van der Waals surface area contributed by atoms with E-state index < -0.39 is 0 Å². The molecule has 2 rings (SSSR count). The molecule has 0 aliphatic carbocycles. The number of hydrogen-bond acceptors (Lipinski definition) is 2. The fourth-order valence-electron chi connectivity index (χ4n) is 1.24. The molecule has 0 unspecified atom stereocenters. The summed E-state index contributed by atoms with van der Waals surface area (Å²) in [5.41, 5.74) is 1.03. The van der Waals surface area contributed by atoms with Crippen LogP contribution in [-0.2, 0) is 9.47 Å². The van der Waals surface area contributed by atoms with E-state index in [-0.39, 0.29) is 12.2 Å². The molecule has 2 heteroatoms. The fraction of sp³-hybridized carbons (Fsp3) is 0.333. The first-order valence-electron chi connectivity index (χ1n) is 4.61. The predicted octanol–water partition coefficient (Wildman–Crippen LogP) is 1.45. The Hall–Kier alpha value is -1.30. The van der Waals surface area contributed by atoms with Crippen LogP contribution >= 0.6 is 0 Å². The van der Waals surface area contributed by atoms with E-state index in [1.54, 1.807) is 7.11 Å². The molecule has 1 aliphatic heterocycles. The molecule has 1 heterocycles. The zero-order valence-electron chi connectivity index (χ0n) is 8.07. The molecule has 14 heavy (non-hydrogen) atoms. The molecule has 1 fully saturated rings. The third-order valence-corrected chi connectivity index (χ3v) is 2.05. The maximum absolute atomic E-state index is 5.28. The van der Waals surface area contributed by atoms with Crippen molar-refractivity contribution in [1.29, 1.82) is 0 Å². The van der Waals surface area contributed by atoms with Gasteiger partial charge in [-0.15, -0.1) is 0 Å². The molecular weight excluding hydrogens is 176 g/mol. The summed E-state index contributed by atoms with van der Waals surface area (Å²) in [5.74, 6) is 6.12. The van der Waals surface area contributed by atoms with Gasteiger partial charge < -0.3 is 9.47 Å². The Bertz CT molecular complexity index is 348. The first-order valence-corrected chi connectivity index (χ1v) is 4.61. The third-order valence-electron chi connectivity index (χ3n) is 2.05. The van der Waals surface area contributed by atoms with E-state index >= 15 is 0 Å². The molecule has 0 N–H and O–H groups in total. The summed E-state index contributed by atoms with van der Waals surface area (Å²) < 4.78 is 10.2. The van der Waals surface area contributed by atoms with E-state index in [0.717, 1.165) is 5.56 Å². The van der Waals surface area contributed by atoms with Crippen LogP contribution in [-0.4, -0.2) is 25.9 Å². The average molecular weight is 188 g/mol. The van der Waals surface area contributed by atoms with E-state index in [2.05, 4.69) is 11.8 Å². The lowest BCUT2D eigenvalue weighted by Crippen LogP contribution is -2.00. The van der Waals surface area contributed by atoms with E-state index in [1.807, 2.05) is 30.3 Å². The van der Waals surface area contributed by atoms with Crippen LogP contribution in [0.25, 0.3) is 0 Å². The Morgan fingerprint density at radius 2 is 2.14 bits per heavy atom. The van der Waals surface area contributed by atoms with E-state index in [9.17, 15) is 0 Å². The molecule has 1 saturated heterocycles. The van der Waals surface area contributed by atoms with Crippen LogP contribution in [0.3, 0.4) is 0 Å². The summed E-state index contributed by atoms with van der Waals surface area (Å²) in [5, 5.41) is 0. The molecule has 72 valence electrons. The lowest BCUT2D eigenvalue weighted by atomic mass is 10.2. The van der Waals surface area contributed by atoms with Crippen molar-refractivity contribution >= 4 is 0 Å². The van der Waals surface area contributed by atoms with Gasteiger partial charge in [0.05, 0.1) is 6.61 Å². The summed E-state index contributed by atoms with van der Waals surface area (Å²) in [4.78, 5) is 0. The van der Waals surface area contributed by atoms with Crippen LogP contribution in [0.1, 0.15) is 5.56 Å². The van der Waals surface area contributed by atoms with Gasteiger partial charge in [-0.05, 0) is 12.1 Å². The Kier molecular flexibility index (Phi) is 2.83. The molecule has 0 aromatic heterocycles. The zero-order valence-corrected chi connectivity index (χ0v) is 8.07. The van der Waals surface area contributed by atoms with Crippen LogP contribution in [0.15, 0.2) is 30.3 Å². The molecule has 0 saturated carbocycles. The second kappa shape index (κ2) is 4.28. The van der Waals surface area contributed by atoms with Gasteiger partial charge in [0, 0.05) is 12.7 Å². The Balaban J connectivity index is 1.90. The highest BCUT2D eigenvalue weighted by atomic mass is 16.6. The Labute approximate surface area is 83.8 Å². The van der Waals surface area contributed by atoms with Crippen molar-refractivity contribution in [2.45, 2.75) is 12.2 Å². The smallest absolute Gasteiger partial charge is 0.147 e. The molecule has 1 aromatic rings. The maximum atomic E-state index is 5.28. The van der Waals surface area contributed by atoms with Crippen molar-refractivity contribution < 1.29 is 9.47 Å². The lowest BCUT2D eigenvalue weighted by molar-refractivity contribution is 0.171. The highest BCUT2D eigenvalue weighted by molar-refractivity contribution is 5.35. The summed E-state index contributed by atoms with van der Waals surface area (Å²) in [6.45, 7) is 0.633. The lowest BCUT2D eigenvalue weighted by Gasteiger charge is -1.87. The zero-order chi connectivity index (χ0) is 9.80. The summed E-state index contributed by atoms with van der Waals surface area (Å²) in [7, 11) is 1.67. The second-order valence-electron chi connectivity index (χ2n) is 3.19. The number of rotatable bonds is 2. The summed E-state index contributed by atoms with van der Waals surface area (Å²) >= 11 is 0. The highest BCUT2D eigenvalue weighted by Crippen LogP contribution is 2.20. The van der Waals surface area contributed by atoms with Gasteiger partial charge in [-0.2, -0.15) is 0 Å². The quantitative estimate of drug-likeness (QED) is 0.517. The minimum absolute atomic E-state index is 0.0650. The van der Waals surface area contributed by atoms with Crippen LogP contribution in [0, 0.1) is 11.8 Å². The molecule has 0 spiro atoms. The SMILES string of the molecule is COC[C@@H]1O[C@@H]1C#Cc1ccccc1. The van der Waals surface area contributed by atoms with Crippen LogP contribution in [0.2, 0.25) is 0 Å². The Morgan fingerprint density at radius 3 is 2.86 bits per heavy atom. The molecule has 2 atom stereocenters. The molecule has 0 amide bonds. The topological polar surface area (TPSA) is 21.8 Å². The van der Waals surface area contributed by atoms with Crippen molar-refractivity contribution in [1.82, 2.24) is 0 Å². The number of methoxy groups -OCH3 is 1. The van der Waals surface area contributed by atoms with Gasteiger partial charge in [0.15, 0.2) is 0 Å². The van der Waals surface area contributed by atoms with Gasteiger partial charge in [-0.1, -0.05) is 30.0 Å². The van der Waals surface area contributed by atoms with Crippen molar-refractivity contribution in [2.75, 3.05) is 13.7 Å². The minimum atomic E-state index is 0.0650. The predicted molar refractivity (Wildman–Crippen MR) is 53.9 cm³/mol. The molecule has 0 radical (unpaired) electrons. The average Bonchev–Trinajstić information content (AvgIpc) is 2.96. The van der Waals surface area contributed by atoms with Gasteiger partial charge >= 0.3 is 0 Å². The van der Waals surface area contributed by atoms with Gasteiger partial charge in [-0.25, -0.2) is 0 Å². The highest BCUT2D eigenvalue weighted by Gasteiger charge is 2.37. The van der Waals surface area contributed by atoms with Crippen LogP contribution in [0.4, 0.5) is 0 Å². The van der Waals surface area contributed by atoms with Gasteiger partial charge in [0.2, 0.25) is 0 Å². The van der Waals surface area contributed by atoms with E-state index in [0.29, 0.717) is 6.61 Å². The molecule has 0 bridgehead atoms. The number of ether oxygens (including phenoxy) is 2. The molecule has 1 aliphatic rings. The number of epoxide rings is 1. The normalized spacial score (nSPS) is 23.8. The molecule has 2 nitrogen and oxygen atoms in total. The van der Waals surface area contributed by atoms with Crippen molar-refractivity contribution in [3.8, 4) is 11.8 Å². The largest absolute Gasteiger partial charge is 0.382 e. The standard InChI is InChI=1S/C12H12O2/c1-13-9-12-11(14-12)8-7-10-5-3-2-4-6-10/h2-6,11-12H,9H2,1H3/t11-,12+/m1/s1. The van der Waals surface area contributed by atoms with Crippen molar-refractivity contribution in [2.24, 2.45) is 0 Å². The van der Waals surface area contributed by atoms with Gasteiger partial charge in [0.1, 0.15) is 12.2 Å². The Morgan fingerprint density at radius 1 is 1.36 bits per heavy atom. The number of hydrogen-bond donors (Lipinski definition) is 0.